The normalized spacial score (nSPS) is 30.1. The number of ether oxygens (including phenoxy) is 1. The highest BCUT2D eigenvalue weighted by atomic mass is 16.5. The van der Waals surface area contributed by atoms with E-state index in [4.69, 9.17) is 4.74 Å². The van der Waals surface area contributed by atoms with Crippen LogP contribution in [-0.2, 0) is 4.74 Å². The molecule has 15 heavy (non-hydrogen) atoms. The molecule has 1 aliphatic heterocycles. The molecule has 0 aromatic carbocycles. The fourth-order valence-electron chi connectivity index (χ4n) is 2.42. The van der Waals surface area contributed by atoms with Gasteiger partial charge in [0, 0.05) is 5.92 Å². The van der Waals surface area contributed by atoms with Gasteiger partial charge in [-0.25, -0.2) is 0 Å². The van der Waals surface area contributed by atoms with Crippen molar-refractivity contribution >= 4 is 0 Å². The van der Waals surface area contributed by atoms with E-state index in [2.05, 4.69) is 46.8 Å². The molecule has 0 amide bonds. The quantitative estimate of drug-likeness (QED) is 0.582. The standard InChI is InChI=1S/C14H20O/c1-9-6-7-10(2)13-12(9)11(8-15-13)14(3,4)5/h6-8,12-13H,1-5H3. The summed E-state index contributed by atoms with van der Waals surface area (Å²) < 4.78 is 5.81. The van der Waals surface area contributed by atoms with E-state index in [9.17, 15) is 0 Å². The Hall–Kier alpha value is -0.980. The number of allylic oxidation sites excluding steroid dienone is 2. The van der Waals surface area contributed by atoms with E-state index in [1.165, 1.54) is 16.7 Å². The Morgan fingerprint density at radius 2 is 1.67 bits per heavy atom. The molecule has 1 aliphatic carbocycles. The van der Waals surface area contributed by atoms with E-state index in [1.54, 1.807) is 0 Å². The molecule has 2 unspecified atom stereocenters. The molecule has 0 aromatic heterocycles. The molecule has 0 radical (unpaired) electrons. The summed E-state index contributed by atoms with van der Waals surface area (Å²) in [5, 5.41) is 0. The fraction of sp³-hybridized carbons (Fsp3) is 0.571. The van der Waals surface area contributed by atoms with E-state index >= 15 is 0 Å². The van der Waals surface area contributed by atoms with E-state index in [0.717, 1.165) is 0 Å². The summed E-state index contributed by atoms with van der Waals surface area (Å²) in [5.74, 6) is 0.468. The van der Waals surface area contributed by atoms with Crippen molar-refractivity contribution in [1.29, 1.82) is 0 Å². The maximum Gasteiger partial charge on any atom is 0.129 e. The van der Waals surface area contributed by atoms with E-state index < -0.39 is 0 Å². The zero-order valence-electron chi connectivity index (χ0n) is 10.3. The second kappa shape index (κ2) is 3.26. The number of hydrogen-bond acceptors (Lipinski definition) is 1. The largest absolute Gasteiger partial charge is 0.493 e. The van der Waals surface area contributed by atoms with Gasteiger partial charge in [-0.05, 0) is 30.4 Å². The van der Waals surface area contributed by atoms with Gasteiger partial charge in [0.2, 0.25) is 0 Å². The van der Waals surface area contributed by atoms with Crippen LogP contribution in [0.2, 0.25) is 0 Å². The minimum Gasteiger partial charge on any atom is -0.493 e. The van der Waals surface area contributed by atoms with Gasteiger partial charge in [0.25, 0.3) is 0 Å². The van der Waals surface area contributed by atoms with Gasteiger partial charge in [0.15, 0.2) is 0 Å². The van der Waals surface area contributed by atoms with Crippen LogP contribution in [0.5, 0.6) is 0 Å². The lowest BCUT2D eigenvalue weighted by atomic mass is 9.73. The molecule has 0 fully saturated rings. The molecule has 0 N–H and O–H groups in total. The second-order valence-corrected chi connectivity index (χ2v) is 5.68. The Bertz CT molecular complexity index is 363. The highest BCUT2D eigenvalue weighted by Crippen LogP contribution is 2.45. The summed E-state index contributed by atoms with van der Waals surface area (Å²) in [5.41, 5.74) is 4.38. The monoisotopic (exact) mass is 204 g/mol. The van der Waals surface area contributed by atoms with Crippen LogP contribution in [0.15, 0.2) is 35.1 Å². The van der Waals surface area contributed by atoms with Gasteiger partial charge in [-0.3, -0.25) is 0 Å². The molecule has 0 saturated carbocycles. The van der Waals surface area contributed by atoms with Crippen molar-refractivity contribution in [3.05, 3.63) is 35.1 Å². The average Bonchev–Trinajstić information content (AvgIpc) is 2.55. The first-order valence-electron chi connectivity index (χ1n) is 5.62. The molecule has 1 heteroatoms. The minimum absolute atomic E-state index is 0.201. The van der Waals surface area contributed by atoms with Crippen molar-refractivity contribution in [3.63, 3.8) is 0 Å². The number of rotatable bonds is 0. The minimum atomic E-state index is 0.201. The molecule has 0 saturated heterocycles. The summed E-state index contributed by atoms with van der Waals surface area (Å²) >= 11 is 0. The molecule has 1 nitrogen and oxygen atoms in total. The number of fused-ring (bicyclic) bond motifs is 1. The predicted molar refractivity (Wildman–Crippen MR) is 63.4 cm³/mol. The van der Waals surface area contributed by atoms with Crippen LogP contribution in [0.1, 0.15) is 34.6 Å². The molecule has 0 spiro atoms. The summed E-state index contributed by atoms with van der Waals surface area (Å²) in [4.78, 5) is 0. The zero-order valence-corrected chi connectivity index (χ0v) is 10.3. The maximum atomic E-state index is 5.81. The lowest BCUT2D eigenvalue weighted by molar-refractivity contribution is 0.175. The van der Waals surface area contributed by atoms with Crippen molar-refractivity contribution in [2.75, 3.05) is 0 Å². The van der Waals surface area contributed by atoms with Gasteiger partial charge in [-0.1, -0.05) is 38.5 Å². The fourth-order valence-corrected chi connectivity index (χ4v) is 2.42. The second-order valence-electron chi connectivity index (χ2n) is 5.68. The number of hydrogen-bond donors (Lipinski definition) is 0. The van der Waals surface area contributed by atoms with Gasteiger partial charge < -0.3 is 4.74 Å². The van der Waals surface area contributed by atoms with Crippen LogP contribution < -0.4 is 0 Å². The van der Waals surface area contributed by atoms with Crippen molar-refractivity contribution < 1.29 is 4.74 Å². The molecular formula is C14H20O. The van der Waals surface area contributed by atoms with Crippen molar-refractivity contribution in [2.45, 2.75) is 40.7 Å². The van der Waals surface area contributed by atoms with Crippen molar-refractivity contribution in [2.24, 2.45) is 11.3 Å². The molecule has 2 rings (SSSR count). The summed E-state index contributed by atoms with van der Waals surface area (Å²) in [6.45, 7) is 11.1. The summed E-state index contributed by atoms with van der Waals surface area (Å²) in [7, 11) is 0. The maximum absolute atomic E-state index is 5.81. The molecular weight excluding hydrogens is 184 g/mol. The summed E-state index contributed by atoms with van der Waals surface area (Å²) in [6.07, 6.45) is 6.64. The van der Waals surface area contributed by atoms with Crippen LogP contribution in [0, 0.1) is 11.3 Å². The van der Waals surface area contributed by atoms with E-state index in [1.807, 2.05) is 6.26 Å². The Kier molecular flexibility index (Phi) is 2.29. The summed E-state index contributed by atoms with van der Waals surface area (Å²) in [6, 6.07) is 0. The highest BCUT2D eigenvalue weighted by molar-refractivity contribution is 5.39. The van der Waals surface area contributed by atoms with Crippen molar-refractivity contribution in [3.8, 4) is 0 Å². The Morgan fingerprint density at radius 1 is 1.07 bits per heavy atom. The van der Waals surface area contributed by atoms with Gasteiger partial charge in [0.05, 0.1) is 6.26 Å². The zero-order chi connectivity index (χ0) is 11.2. The third-order valence-electron chi connectivity index (χ3n) is 3.39. The Labute approximate surface area is 92.5 Å². The molecule has 2 aliphatic rings. The predicted octanol–water partition coefficient (Wildman–Crippen LogP) is 3.84. The molecule has 1 heterocycles. The van der Waals surface area contributed by atoms with Crippen molar-refractivity contribution in [1.82, 2.24) is 0 Å². The average molecular weight is 204 g/mol. The van der Waals surface area contributed by atoms with E-state index in [-0.39, 0.29) is 11.5 Å². The van der Waals surface area contributed by atoms with Crippen LogP contribution in [0.25, 0.3) is 0 Å². The molecule has 2 atom stereocenters. The molecule has 82 valence electrons. The van der Waals surface area contributed by atoms with Crippen LogP contribution in [0.4, 0.5) is 0 Å². The van der Waals surface area contributed by atoms with Crippen LogP contribution in [-0.4, -0.2) is 6.10 Å². The topological polar surface area (TPSA) is 9.23 Å². The van der Waals surface area contributed by atoms with Gasteiger partial charge in [0.1, 0.15) is 6.10 Å². The highest BCUT2D eigenvalue weighted by Gasteiger charge is 2.39. The SMILES string of the molecule is CC1=CC=C(C)C2C(C(C)(C)C)=COC12. The molecule has 0 bridgehead atoms. The third kappa shape index (κ3) is 1.64. The Morgan fingerprint density at radius 3 is 2.27 bits per heavy atom. The lowest BCUT2D eigenvalue weighted by Crippen LogP contribution is -2.27. The van der Waals surface area contributed by atoms with Crippen LogP contribution >= 0.6 is 0 Å². The van der Waals surface area contributed by atoms with E-state index in [0.29, 0.717) is 5.92 Å². The van der Waals surface area contributed by atoms with Crippen LogP contribution in [0.3, 0.4) is 0 Å². The molecule has 0 aromatic rings. The smallest absolute Gasteiger partial charge is 0.129 e. The Balaban J connectivity index is 2.36. The first-order valence-corrected chi connectivity index (χ1v) is 5.62. The first-order chi connectivity index (χ1) is 6.91. The van der Waals surface area contributed by atoms with Gasteiger partial charge >= 0.3 is 0 Å². The first kappa shape index (κ1) is 10.5. The van der Waals surface area contributed by atoms with Gasteiger partial charge in [-0.15, -0.1) is 0 Å². The third-order valence-corrected chi connectivity index (χ3v) is 3.39. The van der Waals surface area contributed by atoms with Gasteiger partial charge in [-0.2, -0.15) is 0 Å². The lowest BCUT2D eigenvalue weighted by Gasteiger charge is -2.31.